The number of benzene rings is 1. The van der Waals surface area contributed by atoms with E-state index in [1.807, 2.05) is 22.8 Å². The van der Waals surface area contributed by atoms with Crippen molar-refractivity contribution in [3.05, 3.63) is 56.6 Å². The van der Waals surface area contributed by atoms with Gasteiger partial charge < -0.3 is 0 Å². The van der Waals surface area contributed by atoms with Crippen molar-refractivity contribution in [1.82, 2.24) is 24.6 Å². The van der Waals surface area contributed by atoms with Crippen LogP contribution in [-0.4, -0.2) is 24.6 Å². The maximum atomic E-state index is 13.5. The molecule has 3 heterocycles. The predicted octanol–water partition coefficient (Wildman–Crippen LogP) is 3.70. The van der Waals surface area contributed by atoms with Crippen LogP contribution >= 0.6 is 11.3 Å². The second kappa shape index (κ2) is 6.24. The van der Waals surface area contributed by atoms with Crippen molar-refractivity contribution in [3.8, 4) is 0 Å². The first-order chi connectivity index (χ1) is 13.4. The fraction of sp³-hybridized carbons (Fsp3) is 0.429. The first-order valence-electron chi connectivity index (χ1n) is 9.72. The van der Waals surface area contributed by atoms with Gasteiger partial charge in [-0.3, -0.25) is 9.36 Å². The Morgan fingerprint density at radius 3 is 2.75 bits per heavy atom. The summed E-state index contributed by atoms with van der Waals surface area (Å²) in [6.45, 7) is 7.46. The van der Waals surface area contributed by atoms with Crippen LogP contribution in [0.5, 0.6) is 0 Å². The van der Waals surface area contributed by atoms with Crippen LogP contribution in [0.3, 0.4) is 0 Å². The zero-order valence-corrected chi connectivity index (χ0v) is 17.2. The summed E-state index contributed by atoms with van der Waals surface area (Å²) >= 11 is 1.69. The Bertz CT molecular complexity index is 1230. The third kappa shape index (κ3) is 2.68. The van der Waals surface area contributed by atoms with E-state index in [2.05, 4.69) is 48.4 Å². The summed E-state index contributed by atoms with van der Waals surface area (Å²) in [4.78, 5) is 15.6. The smallest absolute Gasteiger partial charge is 0.256 e. The maximum absolute atomic E-state index is 13.5. The van der Waals surface area contributed by atoms with Crippen LogP contribution in [0.25, 0.3) is 16.1 Å². The molecule has 1 atom stereocenters. The number of aromatic nitrogens is 5. The lowest BCUT2D eigenvalue weighted by molar-refractivity contribution is 0.217. The molecular formula is C21H23N5OS. The van der Waals surface area contributed by atoms with E-state index in [0.29, 0.717) is 23.8 Å². The first-order valence-corrected chi connectivity index (χ1v) is 10.5. The molecule has 28 heavy (non-hydrogen) atoms. The van der Waals surface area contributed by atoms with E-state index in [1.54, 1.807) is 15.9 Å². The SMILES string of the molecule is CC(C)(C)C1CCc2c(sc3c(c2=O)n(Cc2ccccc2)c2nnnn32)C1. The summed E-state index contributed by atoms with van der Waals surface area (Å²) in [5, 5.41) is 12.2. The number of hydrogen-bond acceptors (Lipinski definition) is 5. The van der Waals surface area contributed by atoms with E-state index in [-0.39, 0.29) is 10.8 Å². The second-order valence-corrected chi connectivity index (χ2v) is 9.84. The Hall–Kier alpha value is -2.54. The summed E-state index contributed by atoms with van der Waals surface area (Å²) < 4.78 is 3.70. The molecule has 0 radical (unpaired) electrons. The number of imidazole rings is 1. The highest BCUT2D eigenvalue weighted by Crippen LogP contribution is 2.39. The monoisotopic (exact) mass is 393 g/mol. The molecule has 0 N–H and O–H groups in total. The van der Waals surface area contributed by atoms with Gasteiger partial charge in [-0.15, -0.1) is 11.3 Å². The van der Waals surface area contributed by atoms with Crippen molar-refractivity contribution in [2.24, 2.45) is 11.3 Å². The van der Waals surface area contributed by atoms with Crippen LogP contribution in [0.1, 0.15) is 43.2 Å². The molecule has 144 valence electrons. The van der Waals surface area contributed by atoms with Crippen LogP contribution < -0.4 is 5.43 Å². The van der Waals surface area contributed by atoms with E-state index < -0.39 is 0 Å². The Morgan fingerprint density at radius 2 is 2.00 bits per heavy atom. The number of tetrazole rings is 1. The molecule has 4 aromatic rings. The molecule has 5 rings (SSSR count). The summed E-state index contributed by atoms with van der Waals surface area (Å²) in [7, 11) is 0. The minimum atomic E-state index is 0.138. The summed E-state index contributed by atoms with van der Waals surface area (Å²) in [6.07, 6.45) is 2.88. The molecule has 0 aliphatic heterocycles. The molecular weight excluding hydrogens is 370 g/mol. The van der Waals surface area contributed by atoms with Crippen molar-refractivity contribution in [2.45, 2.75) is 46.6 Å². The van der Waals surface area contributed by atoms with Gasteiger partial charge in [-0.2, -0.15) is 4.52 Å². The molecule has 0 amide bonds. The molecule has 1 aromatic carbocycles. The second-order valence-electron chi connectivity index (χ2n) is 8.75. The molecule has 1 unspecified atom stereocenters. The molecule has 1 aliphatic rings. The molecule has 6 nitrogen and oxygen atoms in total. The lowest BCUT2D eigenvalue weighted by atomic mass is 9.72. The van der Waals surface area contributed by atoms with Gasteiger partial charge in [0.05, 0.1) is 6.54 Å². The summed E-state index contributed by atoms with van der Waals surface area (Å²) in [5.74, 6) is 1.21. The van der Waals surface area contributed by atoms with E-state index in [4.69, 9.17) is 0 Å². The zero-order valence-electron chi connectivity index (χ0n) is 16.3. The van der Waals surface area contributed by atoms with Crippen molar-refractivity contribution in [1.29, 1.82) is 0 Å². The molecule has 1 aliphatic carbocycles. The minimum absolute atomic E-state index is 0.138. The van der Waals surface area contributed by atoms with E-state index in [1.165, 1.54) is 4.88 Å². The average molecular weight is 394 g/mol. The zero-order chi connectivity index (χ0) is 19.5. The van der Waals surface area contributed by atoms with Crippen molar-refractivity contribution >= 4 is 27.5 Å². The topological polar surface area (TPSA) is 65.1 Å². The van der Waals surface area contributed by atoms with Gasteiger partial charge in [0, 0.05) is 10.4 Å². The lowest BCUT2D eigenvalue weighted by Crippen LogP contribution is -2.29. The van der Waals surface area contributed by atoms with Crippen molar-refractivity contribution in [3.63, 3.8) is 0 Å². The molecule has 0 spiro atoms. The first kappa shape index (κ1) is 17.6. The van der Waals surface area contributed by atoms with Crippen molar-refractivity contribution < 1.29 is 0 Å². The van der Waals surface area contributed by atoms with Crippen LogP contribution in [0, 0.1) is 11.3 Å². The van der Waals surface area contributed by atoms with Crippen LogP contribution in [0.2, 0.25) is 0 Å². The fourth-order valence-corrected chi connectivity index (χ4v) is 5.61. The van der Waals surface area contributed by atoms with Gasteiger partial charge in [0.15, 0.2) is 4.83 Å². The number of hydrogen-bond donors (Lipinski definition) is 0. The highest BCUT2D eigenvalue weighted by atomic mass is 32.1. The molecule has 7 heteroatoms. The summed E-state index contributed by atoms with van der Waals surface area (Å²) in [6, 6.07) is 10.1. The highest BCUT2D eigenvalue weighted by molar-refractivity contribution is 7.18. The largest absolute Gasteiger partial charge is 0.298 e. The lowest BCUT2D eigenvalue weighted by Gasteiger charge is -2.34. The molecule has 0 fully saturated rings. The van der Waals surface area contributed by atoms with Crippen LogP contribution in [0.4, 0.5) is 0 Å². The Balaban J connectivity index is 1.72. The van der Waals surface area contributed by atoms with Crippen LogP contribution in [0.15, 0.2) is 35.1 Å². The van der Waals surface area contributed by atoms with Gasteiger partial charge in [0.1, 0.15) is 5.52 Å². The van der Waals surface area contributed by atoms with Gasteiger partial charge in [-0.25, -0.2) is 0 Å². The number of fused-ring (bicyclic) bond motifs is 4. The number of rotatable bonds is 2. The van der Waals surface area contributed by atoms with Crippen LogP contribution in [-0.2, 0) is 19.4 Å². The predicted molar refractivity (Wildman–Crippen MR) is 111 cm³/mol. The van der Waals surface area contributed by atoms with Gasteiger partial charge >= 0.3 is 0 Å². The number of nitrogens with zero attached hydrogens (tertiary/aromatic N) is 5. The quantitative estimate of drug-likeness (QED) is 0.521. The van der Waals surface area contributed by atoms with Gasteiger partial charge in [0.25, 0.3) is 5.78 Å². The minimum Gasteiger partial charge on any atom is -0.298 e. The molecule has 3 aromatic heterocycles. The Labute approximate surface area is 166 Å². The third-order valence-corrected chi connectivity index (χ3v) is 7.21. The van der Waals surface area contributed by atoms with Gasteiger partial charge in [0.2, 0.25) is 5.43 Å². The molecule has 0 saturated carbocycles. The highest BCUT2D eigenvalue weighted by Gasteiger charge is 2.32. The average Bonchev–Trinajstić information content (AvgIpc) is 3.25. The van der Waals surface area contributed by atoms with E-state index in [0.717, 1.165) is 35.2 Å². The molecule has 0 saturated heterocycles. The van der Waals surface area contributed by atoms with E-state index >= 15 is 0 Å². The van der Waals surface area contributed by atoms with Gasteiger partial charge in [-0.1, -0.05) is 56.2 Å². The van der Waals surface area contributed by atoms with Crippen molar-refractivity contribution in [2.75, 3.05) is 0 Å². The Morgan fingerprint density at radius 1 is 1.21 bits per heavy atom. The normalized spacial score (nSPS) is 17.3. The van der Waals surface area contributed by atoms with E-state index in [9.17, 15) is 4.79 Å². The fourth-order valence-electron chi connectivity index (χ4n) is 4.27. The molecule has 0 bridgehead atoms. The Kier molecular flexibility index (Phi) is 3.91. The van der Waals surface area contributed by atoms with Gasteiger partial charge in [-0.05, 0) is 46.6 Å². The standard InChI is InChI=1S/C21H23N5OS/c1-21(2,3)14-9-10-15-16(11-14)28-19-17(18(15)27)25(20-22-23-24-26(19)20)12-13-7-5-4-6-8-13/h4-8,14H,9-12H2,1-3H3. The summed E-state index contributed by atoms with van der Waals surface area (Å²) in [5.41, 5.74) is 3.20. The third-order valence-electron chi connectivity index (χ3n) is 5.99. The maximum Gasteiger partial charge on any atom is 0.256 e.